The van der Waals surface area contributed by atoms with Gasteiger partial charge in [-0.3, -0.25) is 4.79 Å². The van der Waals surface area contributed by atoms with Crippen LogP contribution in [0.25, 0.3) is 11.1 Å². The van der Waals surface area contributed by atoms with Crippen LogP contribution in [-0.4, -0.2) is 40.7 Å². The van der Waals surface area contributed by atoms with Crippen LogP contribution in [0.5, 0.6) is 0 Å². The third-order valence-electron chi connectivity index (χ3n) is 5.63. The van der Waals surface area contributed by atoms with Gasteiger partial charge in [0.25, 0.3) is 5.91 Å². The number of rotatable bonds is 5. The summed E-state index contributed by atoms with van der Waals surface area (Å²) in [5.74, 6) is 0.352. The number of pyridine rings is 1. The summed E-state index contributed by atoms with van der Waals surface area (Å²) in [6, 6.07) is 2.24. The van der Waals surface area contributed by atoms with Crippen LogP contribution < -0.4 is 16.0 Å². The van der Waals surface area contributed by atoms with E-state index in [0.717, 1.165) is 19.3 Å². The Hall–Kier alpha value is -2.92. The van der Waals surface area contributed by atoms with Crippen molar-refractivity contribution in [1.29, 1.82) is 5.26 Å². The molecule has 2 aromatic rings. The minimum absolute atomic E-state index is 0.105. The number of nitrogens with zero attached hydrogens (tertiary/aromatic N) is 4. The zero-order valence-corrected chi connectivity index (χ0v) is 16.1. The Bertz CT molecular complexity index is 927. The summed E-state index contributed by atoms with van der Waals surface area (Å²) < 4.78 is 5.00. The molecule has 0 radical (unpaired) electrons. The van der Waals surface area contributed by atoms with E-state index in [2.05, 4.69) is 26.4 Å². The fourth-order valence-electron chi connectivity index (χ4n) is 3.86. The minimum Gasteiger partial charge on any atom is -0.368 e. The molecule has 3 heterocycles. The van der Waals surface area contributed by atoms with Crippen molar-refractivity contribution in [3.8, 4) is 17.2 Å². The topological polar surface area (TPSA) is 121 Å². The fourth-order valence-corrected chi connectivity index (χ4v) is 3.86. The van der Waals surface area contributed by atoms with Crippen molar-refractivity contribution >= 4 is 11.6 Å². The SMILES string of the molecule is CC(NC(=O)c1cnc(C#N)c(-c2cnoc2)c1N1CC[C@](C)(N)C1)C1CC1. The van der Waals surface area contributed by atoms with Gasteiger partial charge in [-0.15, -0.1) is 0 Å². The van der Waals surface area contributed by atoms with Gasteiger partial charge in [-0.2, -0.15) is 5.26 Å². The Kier molecular flexibility index (Phi) is 4.55. The van der Waals surface area contributed by atoms with E-state index < -0.39 is 0 Å². The molecule has 2 aromatic heterocycles. The largest absolute Gasteiger partial charge is 0.368 e. The predicted molar refractivity (Wildman–Crippen MR) is 104 cm³/mol. The number of anilines is 1. The van der Waals surface area contributed by atoms with E-state index in [-0.39, 0.29) is 23.2 Å². The average molecular weight is 380 g/mol. The Morgan fingerprint density at radius 1 is 1.50 bits per heavy atom. The molecule has 1 saturated carbocycles. The first-order valence-electron chi connectivity index (χ1n) is 9.57. The third kappa shape index (κ3) is 3.45. The van der Waals surface area contributed by atoms with Gasteiger partial charge < -0.3 is 20.5 Å². The molecule has 146 valence electrons. The molecule has 1 saturated heterocycles. The number of aromatic nitrogens is 2. The fraction of sp³-hybridized carbons (Fsp3) is 0.500. The van der Waals surface area contributed by atoms with Crippen LogP contribution >= 0.6 is 0 Å². The molecule has 0 aromatic carbocycles. The first-order chi connectivity index (χ1) is 13.4. The summed E-state index contributed by atoms with van der Waals surface area (Å²) in [5, 5.41) is 16.5. The van der Waals surface area contributed by atoms with Crippen LogP contribution in [0.3, 0.4) is 0 Å². The van der Waals surface area contributed by atoms with Gasteiger partial charge in [0, 0.05) is 42.0 Å². The average Bonchev–Trinajstić information content (AvgIpc) is 3.26. The molecular formula is C20H24N6O2. The molecule has 1 unspecified atom stereocenters. The van der Waals surface area contributed by atoms with Crippen molar-refractivity contribution in [3.63, 3.8) is 0 Å². The first kappa shape index (κ1) is 18.4. The molecule has 28 heavy (non-hydrogen) atoms. The first-order valence-corrected chi connectivity index (χ1v) is 9.57. The second kappa shape index (κ2) is 6.91. The summed E-state index contributed by atoms with van der Waals surface area (Å²) in [6.07, 6.45) is 7.57. The van der Waals surface area contributed by atoms with Gasteiger partial charge in [-0.25, -0.2) is 4.98 Å². The molecule has 2 fully saturated rings. The number of nitrogens with one attached hydrogen (secondary N) is 1. The van der Waals surface area contributed by atoms with E-state index in [1.165, 1.54) is 18.7 Å². The van der Waals surface area contributed by atoms with Crippen molar-refractivity contribution < 1.29 is 9.32 Å². The summed E-state index contributed by atoms with van der Waals surface area (Å²) >= 11 is 0. The Balaban J connectivity index is 1.82. The highest BCUT2D eigenvalue weighted by atomic mass is 16.5. The molecule has 0 spiro atoms. The second-order valence-electron chi connectivity index (χ2n) is 8.19. The Morgan fingerprint density at radius 3 is 2.86 bits per heavy atom. The number of nitrogens with two attached hydrogens (primary N) is 1. The highest BCUT2D eigenvalue weighted by Crippen LogP contribution is 2.39. The van der Waals surface area contributed by atoms with Gasteiger partial charge in [-0.1, -0.05) is 5.16 Å². The van der Waals surface area contributed by atoms with E-state index in [9.17, 15) is 10.1 Å². The van der Waals surface area contributed by atoms with Crippen LogP contribution in [0.1, 0.15) is 49.2 Å². The normalized spacial score (nSPS) is 22.7. The molecule has 8 heteroatoms. The van der Waals surface area contributed by atoms with Crippen molar-refractivity contribution in [2.75, 3.05) is 18.0 Å². The number of nitriles is 1. The smallest absolute Gasteiger partial charge is 0.255 e. The molecular weight excluding hydrogens is 356 g/mol. The maximum absolute atomic E-state index is 13.1. The lowest BCUT2D eigenvalue weighted by molar-refractivity contribution is 0.0936. The summed E-state index contributed by atoms with van der Waals surface area (Å²) in [4.78, 5) is 19.4. The van der Waals surface area contributed by atoms with Crippen molar-refractivity contribution in [2.24, 2.45) is 11.7 Å². The number of carbonyl (C=O) groups excluding carboxylic acids is 1. The molecule has 3 N–H and O–H groups in total. The van der Waals surface area contributed by atoms with Crippen LogP contribution in [0.15, 0.2) is 23.2 Å². The standard InChI is InChI=1S/C20H24N6O2/c1-12(13-3-4-13)25-19(27)15-9-23-16(7-21)17(14-8-24-28-10-14)18(15)26-6-5-20(2,22)11-26/h8-10,12-13H,3-6,11,22H2,1-2H3,(H,25,27)/t12?,20-/m0/s1. The van der Waals surface area contributed by atoms with Crippen molar-refractivity contribution in [1.82, 2.24) is 15.5 Å². The molecule has 4 rings (SSSR count). The van der Waals surface area contributed by atoms with Crippen LogP contribution in [-0.2, 0) is 0 Å². The lowest BCUT2D eigenvalue weighted by Gasteiger charge is -2.27. The molecule has 1 amide bonds. The number of amides is 1. The minimum atomic E-state index is -0.364. The van der Waals surface area contributed by atoms with Crippen molar-refractivity contribution in [3.05, 3.63) is 29.9 Å². The third-order valence-corrected chi connectivity index (χ3v) is 5.63. The zero-order valence-electron chi connectivity index (χ0n) is 16.1. The quantitative estimate of drug-likeness (QED) is 0.814. The van der Waals surface area contributed by atoms with Crippen LogP contribution in [0.4, 0.5) is 5.69 Å². The molecule has 1 aliphatic heterocycles. The van der Waals surface area contributed by atoms with Gasteiger partial charge >= 0.3 is 0 Å². The maximum atomic E-state index is 13.1. The number of carbonyl (C=O) groups is 1. The van der Waals surface area contributed by atoms with Gasteiger partial charge in [-0.05, 0) is 39.0 Å². The van der Waals surface area contributed by atoms with Crippen LogP contribution in [0.2, 0.25) is 0 Å². The lowest BCUT2D eigenvalue weighted by atomic mass is 10.00. The molecule has 2 atom stereocenters. The summed E-state index contributed by atoms with van der Waals surface area (Å²) in [7, 11) is 0. The number of hydrogen-bond acceptors (Lipinski definition) is 7. The Labute approximate surface area is 163 Å². The van der Waals surface area contributed by atoms with Crippen LogP contribution in [0, 0.1) is 17.2 Å². The van der Waals surface area contributed by atoms with E-state index in [4.69, 9.17) is 10.3 Å². The highest BCUT2D eigenvalue weighted by Gasteiger charge is 2.36. The summed E-state index contributed by atoms with van der Waals surface area (Å²) in [6.45, 7) is 5.30. The van der Waals surface area contributed by atoms with E-state index in [1.54, 1.807) is 0 Å². The summed E-state index contributed by atoms with van der Waals surface area (Å²) in [5.41, 5.74) is 8.51. The van der Waals surface area contributed by atoms with E-state index >= 15 is 0 Å². The zero-order chi connectivity index (χ0) is 19.9. The lowest BCUT2D eigenvalue weighted by Crippen LogP contribution is -2.40. The number of hydrogen-bond donors (Lipinski definition) is 2. The highest BCUT2D eigenvalue weighted by molar-refractivity contribution is 6.04. The van der Waals surface area contributed by atoms with Gasteiger partial charge in [0.05, 0.1) is 17.4 Å². The Morgan fingerprint density at radius 2 is 2.29 bits per heavy atom. The van der Waals surface area contributed by atoms with Gasteiger partial charge in [0.2, 0.25) is 0 Å². The molecule has 1 aliphatic carbocycles. The van der Waals surface area contributed by atoms with E-state index in [1.807, 2.05) is 13.8 Å². The van der Waals surface area contributed by atoms with Crippen molar-refractivity contribution in [2.45, 2.75) is 44.7 Å². The molecule has 0 bridgehead atoms. The molecule has 2 aliphatic rings. The van der Waals surface area contributed by atoms with Gasteiger partial charge in [0.1, 0.15) is 12.3 Å². The molecule has 8 nitrogen and oxygen atoms in total. The van der Waals surface area contributed by atoms with E-state index in [0.29, 0.717) is 41.4 Å². The monoisotopic (exact) mass is 380 g/mol. The van der Waals surface area contributed by atoms with Gasteiger partial charge in [0.15, 0.2) is 5.69 Å². The second-order valence-corrected chi connectivity index (χ2v) is 8.19. The maximum Gasteiger partial charge on any atom is 0.255 e. The predicted octanol–water partition coefficient (Wildman–Crippen LogP) is 2.06.